The molecule has 0 unspecified atom stereocenters. The monoisotopic (exact) mass is 420 g/mol. The van der Waals surface area contributed by atoms with Gasteiger partial charge in [0.25, 0.3) is 0 Å². The molecule has 0 radical (unpaired) electrons. The lowest BCUT2D eigenvalue weighted by molar-refractivity contribution is -0.136. The number of hydrogen-bond acceptors (Lipinski definition) is 5. The molecule has 2 rings (SSSR count). The van der Waals surface area contributed by atoms with E-state index in [4.69, 9.17) is 25.8 Å². The van der Waals surface area contributed by atoms with Gasteiger partial charge in [-0.05, 0) is 56.2 Å². The number of methoxy groups -OCH3 is 1. The van der Waals surface area contributed by atoms with Gasteiger partial charge >= 0.3 is 11.8 Å². The van der Waals surface area contributed by atoms with Gasteiger partial charge < -0.3 is 24.8 Å². The third-order valence-electron chi connectivity index (χ3n) is 3.92. The zero-order chi connectivity index (χ0) is 21.2. The Kier molecular flexibility index (Phi) is 8.61. The van der Waals surface area contributed by atoms with Gasteiger partial charge in [0, 0.05) is 12.2 Å². The van der Waals surface area contributed by atoms with Gasteiger partial charge in [-0.2, -0.15) is 0 Å². The quantitative estimate of drug-likeness (QED) is 0.607. The number of ether oxygens (including phenoxy) is 3. The molecule has 0 aromatic heterocycles. The summed E-state index contributed by atoms with van der Waals surface area (Å²) in [4.78, 5) is 24.1. The molecular formula is C21H25ClN2O5. The Hall–Kier alpha value is -2.93. The normalized spacial score (nSPS) is 10.2. The minimum Gasteiger partial charge on any atom is -0.495 e. The third kappa shape index (κ3) is 6.57. The fourth-order valence-electron chi connectivity index (χ4n) is 2.58. The van der Waals surface area contributed by atoms with Gasteiger partial charge in [0.15, 0.2) is 11.5 Å². The summed E-state index contributed by atoms with van der Waals surface area (Å²) in [6, 6.07) is 10.3. The minimum atomic E-state index is -0.770. The Balaban J connectivity index is 1.88. The largest absolute Gasteiger partial charge is 0.495 e. The van der Waals surface area contributed by atoms with Crippen LogP contribution in [-0.2, 0) is 16.0 Å². The lowest BCUT2D eigenvalue weighted by Crippen LogP contribution is -2.36. The van der Waals surface area contributed by atoms with E-state index in [1.54, 1.807) is 12.1 Å². The second-order valence-electron chi connectivity index (χ2n) is 5.96. The first-order valence-electron chi connectivity index (χ1n) is 9.29. The highest BCUT2D eigenvalue weighted by atomic mass is 35.5. The first-order valence-corrected chi connectivity index (χ1v) is 9.67. The molecule has 0 spiro atoms. The number of halogens is 1. The van der Waals surface area contributed by atoms with Crippen LogP contribution in [-0.4, -0.2) is 38.7 Å². The zero-order valence-electron chi connectivity index (χ0n) is 16.7. The van der Waals surface area contributed by atoms with Crippen molar-refractivity contribution in [3.63, 3.8) is 0 Å². The molecule has 8 heteroatoms. The van der Waals surface area contributed by atoms with Gasteiger partial charge in [-0.1, -0.05) is 17.7 Å². The van der Waals surface area contributed by atoms with E-state index in [1.165, 1.54) is 13.2 Å². The van der Waals surface area contributed by atoms with Gasteiger partial charge in [-0.15, -0.1) is 0 Å². The maximum Gasteiger partial charge on any atom is 0.313 e. The van der Waals surface area contributed by atoms with E-state index in [-0.39, 0.29) is 0 Å². The van der Waals surface area contributed by atoms with Crippen LogP contribution in [0.3, 0.4) is 0 Å². The first kappa shape index (κ1) is 22.4. The highest BCUT2D eigenvalue weighted by molar-refractivity contribution is 6.40. The van der Waals surface area contributed by atoms with Crippen LogP contribution in [0.25, 0.3) is 0 Å². The molecule has 0 heterocycles. The number of amides is 2. The molecule has 0 aliphatic heterocycles. The van der Waals surface area contributed by atoms with E-state index in [0.29, 0.717) is 54.1 Å². The standard InChI is InChI=1S/C21H25ClN2O5/c1-4-28-18-8-6-14(12-19(18)29-5-2)10-11-23-20(25)21(26)24-15-7-9-17(27-3)16(22)13-15/h6-9,12-13H,4-5,10-11H2,1-3H3,(H,23,25)(H,24,26). The minimum absolute atomic E-state index is 0.301. The van der Waals surface area contributed by atoms with Crippen molar-refractivity contribution in [3.8, 4) is 17.2 Å². The van der Waals surface area contributed by atoms with E-state index >= 15 is 0 Å². The van der Waals surface area contributed by atoms with Crippen molar-refractivity contribution in [2.24, 2.45) is 0 Å². The molecule has 0 fully saturated rings. The lowest BCUT2D eigenvalue weighted by atomic mass is 10.1. The maximum atomic E-state index is 12.0. The Labute approximate surface area is 175 Å². The molecule has 0 atom stereocenters. The Morgan fingerprint density at radius 3 is 2.28 bits per heavy atom. The van der Waals surface area contributed by atoms with Crippen LogP contribution in [0.5, 0.6) is 17.2 Å². The molecule has 0 aliphatic rings. The summed E-state index contributed by atoms with van der Waals surface area (Å²) in [5.41, 5.74) is 1.36. The van der Waals surface area contributed by atoms with E-state index < -0.39 is 11.8 Å². The SMILES string of the molecule is CCOc1ccc(CCNC(=O)C(=O)Nc2ccc(OC)c(Cl)c2)cc1OCC. The summed E-state index contributed by atoms with van der Waals surface area (Å²) in [7, 11) is 1.49. The van der Waals surface area contributed by atoms with Crippen molar-refractivity contribution in [1.29, 1.82) is 0 Å². The molecule has 156 valence electrons. The van der Waals surface area contributed by atoms with Crippen molar-refractivity contribution in [3.05, 3.63) is 47.0 Å². The molecule has 29 heavy (non-hydrogen) atoms. The topological polar surface area (TPSA) is 85.9 Å². The summed E-state index contributed by atoms with van der Waals surface area (Å²) < 4.78 is 16.2. The molecule has 2 aromatic rings. The number of rotatable bonds is 9. The molecule has 0 saturated heterocycles. The lowest BCUT2D eigenvalue weighted by Gasteiger charge is -2.12. The molecule has 7 nitrogen and oxygen atoms in total. The number of hydrogen-bond donors (Lipinski definition) is 2. The number of benzene rings is 2. The van der Waals surface area contributed by atoms with Gasteiger partial charge in [0.05, 0.1) is 25.3 Å². The van der Waals surface area contributed by atoms with Gasteiger partial charge in [-0.25, -0.2) is 0 Å². The van der Waals surface area contributed by atoms with Crippen molar-refractivity contribution in [2.45, 2.75) is 20.3 Å². The van der Waals surface area contributed by atoms with Crippen LogP contribution >= 0.6 is 11.6 Å². The van der Waals surface area contributed by atoms with Crippen molar-refractivity contribution < 1.29 is 23.8 Å². The second-order valence-corrected chi connectivity index (χ2v) is 6.36. The average Bonchev–Trinajstić information content (AvgIpc) is 2.70. The molecular weight excluding hydrogens is 396 g/mol. The van der Waals surface area contributed by atoms with E-state index in [1.807, 2.05) is 32.0 Å². The summed E-state index contributed by atoms with van der Waals surface area (Å²) in [5.74, 6) is 0.323. The highest BCUT2D eigenvalue weighted by Crippen LogP contribution is 2.29. The Morgan fingerprint density at radius 2 is 1.62 bits per heavy atom. The molecule has 0 aliphatic carbocycles. The smallest absolute Gasteiger partial charge is 0.313 e. The van der Waals surface area contributed by atoms with Gasteiger partial charge in [0.2, 0.25) is 0 Å². The van der Waals surface area contributed by atoms with E-state index in [9.17, 15) is 9.59 Å². The second kappa shape index (κ2) is 11.2. The van der Waals surface area contributed by atoms with Crippen LogP contribution in [0.2, 0.25) is 5.02 Å². The molecule has 2 aromatic carbocycles. The predicted octanol–water partition coefficient (Wildman–Crippen LogP) is 3.44. The predicted molar refractivity (Wildman–Crippen MR) is 112 cm³/mol. The van der Waals surface area contributed by atoms with Crippen molar-refractivity contribution in [1.82, 2.24) is 5.32 Å². The van der Waals surface area contributed by atoms with Gasteiger partial charge in [-0.3, -0.25) is 9.59 Å². The zero-order valence-corrected chi connectivity index (χ0v) is 17.5. The van der Waals surface area contributed by atoms with Crippen LogP contribution in [0.15, 0.2) is 36.4 Å². The van der Waals surface area contributed by atoms with Crippen LogP contribution in [0.4, 0.5) is 5.69 Å². The Morgan fingerprint density at radius 1 is 0.931 bits per heavy atom. The van der Waals surface area contributed by atoms with Crippen molar-refractivity contribution >= 4 is 29.1 Å². The maximum absolute atomic E-state index is 12.0. The number of carbonyl (C=O) groups excluding carboxylic acids is 2. The molecule has 0 saturated carbocycles. The number of carbonyl (C=O) groups is 2. The first-order chi connectivity index (χ1) is 14.0. The van der Waals surface area contributed by atoms with Gasteiger partial charge in [0.1, 0.15) is 5.75 Å². The van der Waals surface area contributed by atoms with Crippen LogP contribution in [0, 0.1) is 0 Å². The summed E-state index contributed by atoms with van der Waals surface area (Å²) in [5, 5.41) is 5.44. The van der Waals surface area contributed by atoms with Crippen LogP contribution in [0.1, 0.15) is 19.4 Å². The summed E-state index contributed by atoms with van der Waals surface area (Å²) >= 11 is 6.01. The van der Waals surface area contributed by atoms with Crippen LogP contribution < -0.4 is 24.8 Å². The average molecular weight is 421 g/mol. The fourth-order valence-corrected chi connectivity index (χ4v) is 2.84. The summed E-state index contributed by atoms with van der Waals surface area (Å²) in [6.07, 6.45) is 0.542. The Bertz CT molecular complexity index is 857. The molecule has 0 bridgehead atoms. The third-order valence-corrected chi connectivity index (χ3v) is 4.22. The number of nitrogens with one attached hydrogen (secondary N) is 2. The van der Waals surface area contributed by atoms with Crippen molar-refractivity contribution in [2.75, 3.05) is 32.2 Å². The van der Waals surface area contributed by atoms with E-state index in [2.05, 4.69) is 10.6 Å². The molecule has 2 N–H and O–H groups in total. The fraction of sp³-hybridized carbons (Fsp3) is 0.333. The van der Waals surface area contributed by atoms with E-state index in [0.717, 1.165) is 5.56 Å². The number of anilines is 1. The highest BCUT2D eigenvalue weighted by Gasteiger charge is 2.14. The summed E-state index contributed by atoms with van der Waals surface area (Å²) in [6.45, 7) is 5.18. The molecule has 2 amide bonds.